The Morgan fingerprint density at radius 2 is 1.80 bits per heavy atom. The van der Waals surface area contributed by atoms with Gasteiger partial charge in [0.25, 0.3) is 0 Å². The first kappa shape index (κ1) is 15.9. The van der Waals surface area contributed by atoms with Gasteiger partial charge in [-0.25, -0.2) is 0 Å². The summed E-state index contributed by atoms with van der Waals surface area (Å²) in [5.41, 5.74) is 2.59. The number of likely N-dealkylation sites (N-methyl/N-ethyl adjacent to an activating group) is 1. The highest BCUT2D eigenvalue weighted by atomic mass is 16.5. The molecule has 4 nitrogen and oxygen atoms in total. The molecule has 0 radical (unpaired) electrons. The van der Waals surface area contributed by atoms with Gasteiger partial charge in [0.2, 0.25) is 5.72 Å². The molecule has 2 aromatic carbocycles. The fourth-order valence-corrected chi connectivity index (χ4v) is 4.11. The van der Waals surface area contributed by atoms with Crippen LogP contribution in [-0.2, 0) is 5.41 Å². The topological polar surface area (TPSA) is 30.9 Å². The number of fused-ring (bicyclic) bond motifs is 2. The standard InChI is InChI=1S/C21H23NO3/c1-20(2)16-8-6-7-9-17(16)22(3)21(20)11-10-15-18(24-5)12-14(23-4)13-19(15)25-21/h6-13H,1-5H3. The van der Waals surface area contributed by atoms with E-state index in [0.29, 0.717) is 0 Å². The summed E-state index contributed by atoms with van der Waals surface area (Å²) in [7, 11) is 5.39. The molecule has 2 aliphatic rings. The molecule has 1 unspecified atom stereocenters. The van der Waals surface area contributed by atoms with E-state index in [0.717, 1.165) is 22.8 Å². The first-order valence-electron chi connectivity index (χ1n) is 8.42. The van der Waals surface area contributed by atoms with Crippen LogP contribution in [0.4, 0.5) is 5.69 Å². The fourth-order valence-electron chi connectivity index (χ4n) is 4.11. The van der Waals surface area contributed by atoms with Crippen LogP contribution in [-0.4, -0.2) is 27.0 Å². The zero-order valence-corrected chi connectivity index (χ0v) is 15.3. The van der Waals surface area contributed by atoms with Crippen LogP contribution in [0.2, 0.25) is 0 Å². The molecule has 0 N–H and O–H groups in total. The van der Waals surface area contributed by atoms with Crippen molar-refractivity contribution < 1.29 is 14.2 Å². The van der Waals surface area contributed by atoms with Crippen molar-refractivity contribution in [2.75, 3.05) is 26.2 Å². The predicted octanol–water partition coefficient (Wildman–Crippen LogP) is 4.23. The molecule has 0 amide bonds. The predicted molar refractivity (Wildman–Crippen MR) is 99.8 cm³/mol. The zero-order chi connectivity index (χ0) is 17.8. The maximum Gasteiger partial charge on any atom is 0.211 e. The molecule has 0 fully saturated rings. The third-order valence-electron chi connectivity index (χ3n) is 5.61. The van der Waals surface area contributed by atoms with Gasteiger partial charge in [0.05, 0.1) is 25.2 Å². The minimum absolute atomic E-state index is 0.219. The van der Waals surface area contributed by atoms with Crippen molar-refractivity contribution in [1.82, 2.24) is 0 Å². The Kier molecular flexibility index (Phi) is 3.29. The summed E-state index contributed by atoms with van der Waals surface area (Å²) in [6, 6.07) is 12.3. The van der Waals surface area contributed by atoms with Crippen molar-refractivity contribution in [2.24, 2.45) is 0 Å². The zero-order valence-electron chi connectivity index (χ0n) is 15.3. The molecule has 2 heterocycles. The Hall–Kier alpha value is -2.62. The molecule has 130 valence electrons. The largest absolute Gasteiger partial charge is 0.496 e. The van der Waals surface area contributed by atoms with Crippen LogP contribution in [0.15, 0.2) is 42.5 Å². The highest BCUT2D eigenvalue weighted by molar-refractivity contribution is 5.74. The number of anilines is 1. The van der Waals surface area contributed by atoms with Gasteiger partial charge in [0, 0.05) is 24.9 Å². The van der Waals surface area contributed by atoms with E-state index in [1.165, 1.54) is 11.3 Å². The Morgan fingerprint density at radius 1 is 1.04 bits per heavy atom. The maximum absolute atomic E-state index is 6.65. The van der Waals surface area contributed by atoms with Gasteiger partial charge in [-0.2, -0.15) is 0 Å². The average molecular weight is 337 g/mol. The molecule has 2 aromatic rings. The quantitative estimate of drug-likeness (QED) is 0.820. The van der Waals surface area contributed by atoms with Crippen molar-refractivity contribution in [1.29, 1.82) is 0 Å². The summed E-state index contributed by atoms with van der Waals surface area (Å²) in [5, 5.41) is 0. The third-order valence-corrected chi connectivity index (χ3v) is 5.61. The summed E-state index contributed by atoms with van der Waals surface area (Å²) in [6.07, 6.45) is 4.24. The van der Waals surface area contributed by atoms with Gasteiger partial charge in [-0.3, -0.25) is 0 Å². The second kappa shape index (κ2) is 5.19. The monoisotopic (exact) mass is 337 g/mol. The summed E-state index contributed by atoms with van der Waals surface area (Å²) in [4.78, 5) is 2.22. The number of para-hydroxylation sites is 1. The van der Waals surface area contributed by atoms with Gasteiger partial charge in [0.1, 0.15) is 17.2 Å². The lowest BCUT2D eigenvalue weighted by atomic mass is 9.76. The number of hydrogen-bond acceptors (Lipinski definition) is 4. The summed E-state index contributed by atoms with van der Waals surface area (Å²) >= 11 is 0. The van der Waals surface area contributed by atoms with Crippen molar-refractivity contribution in [3.8, 4) is 17.2 Å². The van der Waals surface area contributed by atoms with Crippen molar-refractivity contribution in [2.45, 2.75) is 25.0 Å². The van der Waals surface area contributed by atoms with E-state index in [-0.39, 0.29) is 5.41 Å². The second-order valence-electron chi connectivity index (χ2n) is 7.07. The van der Waals surface area contributed by atoms with E-state index in [2.05, 4.69) is 62.2 Å². The lowest BCUT2D eigenvalue weighted by molar-refractivity contribution is 0.0576. The molecule has 2 aliphatic heterocycles. The third kappa shape index (κ3) is 1.94. The lowest BCUT2D eigenvalue weighted by Gasteiger charge is -2.46. The first-order valence-corrected chi connectivity index (χ1v) is 8.42. The van der Waals surface area contributed by atoms with Gasteiger partial charge in [-0.05, 0) is 37.6 Å². The van der Waals surface area contributed by atoms with E-state index >= 15 is 0 Å². The summed E-state index contributed by atoms with van der Waals surface area (Å²) in [6.45, 7) is 4.45. The van der Waals surface area contributed by atoms with Crippen molar-refractivity contribution in [3.63, 3.8) is 0 Å². The van der Waals surface area contributed by atoms with Gasteiger partial charge in [-0.15, -0.1) is 0 Å². The Balaban J connectivity index is 1.89. The highest BCUT2D eigenvalue weighted by Crippen LogP contribution is 2.55. The molecule has 0 saturated carbocycles. The molecule has 0 aromatic heterocycles. The van der Waals surface area contributed by atoms with E-state index in [1.54, 1.807) is 14.2 Å². The van der Waals surface area contributed by atoms with E-state index < -0.39 is 5.72 Å². The SMILES string of the molecule is COc1cc(OC)c2c(c1)OC1(C=C2)N(C)c2ccccc2C1(C)C. The smallest absolute Gasteiger partial charge is 0.211 e. The van der Waals surface area contributed by atoms with Gasteiger partial charge in [0.15, 0.2) is 0 Å². The van der Waals surface area contributed by atoms with Crippen LogP contribution in [0.1, 0.15) is 25.0 Å². The Bertz CT molecular complexity index is 871. The number of hydrogen-bond donors (Lipinski definition) is 0. The fraction of sp³-hybridized carbons (Fsp3) is 0.333. The Morgan fingerprint density at radius 3 is 2.48 bits per heavy atom. The molecular weight excluding hydrogens is 314 g/mol. The van der Waals surface area contributed by atoms with Gasteiger partial charge >= 0.3 is 0 Å². The number of nitrogens with zero attached hydrogens (tertiary/aromatic N) is 1. The minimum Gasteiger partial charge on any atom is -0.496 e. The molecule has 0 aliphatic carbocycles. The van der Waals surface area contributed by atoms with E-state index in [1.807, 2.05) is 12.1 Å². The molecule has 1 spiro atoms. The summed E-state index contributed by atoms with van der Waals surface area (Å²) < 4.78 is 17.6. The Labute approximate surface area is 148 Å². The number of methoxy groups -OCH3 is 2. The maximum atomic E-state index is 6.65. The van der Waals surface area contributed by atoms with Crippen LogP contribution >= 0.6 is 0 Å². The summed E-state index contributed by atoms with van der Waals surface area (Å²) in [5.74, 6) is 2.24. The number of rotatable bonds is 2. The van der Waals surface area contributed by atoms with E-state index in [4.69, 9.17) is 14.2 Å². The second-order valence-corrected chi connectivity index (χ2v) is 7.07. The molecule has 1 atom stereocenters. The van der Waals surface area contributed by atoms with Crippen LogP contribution in [0.3, 0.4) is 0 Å². The van der Waals surface area contributed by atoms with Crippen LogP contribution in [0.25, 0.3) is 6.08 Å². The van der Waals surface area contributed by atoms with Crippen molar-refractivity contribution >= 4 is 11.8 Å². The van der Waals surface area contributed by atoms with Gasteiger partial charge in [-0.1, -0.05) is 18.2 Å². The number of benzene rings is 2. The molecule has 4 rings (SSSR count). The lowest BCUT2D eigenvalue weighted by Crippen LogP contribution is -2.58. The van der Waals surface area contributed by atoms with Gasteiger partial charge < -0.3 is 19.1 Å². The molecule has 0 saturated heterocycles. The van der Waals surface area contributed by atoms with Crippen LogP contribution in [0, 0.1) is 0 Å². The van der Waals surface area contributed by atoms with E-state index in [9.17, 15) is 0 Å². The van der Waals surface area contributed by atoms with Crippen LogP contribution in [0.5, 0.6) is 17.2 Å². The van der Waals surface area contributed by atoms with Crippen molar-refractivity contribution in [3.05, 3.63) is 53.6 Å². The first-order chi connectivity index (χ1) is 11.9. The molecule has 25 heavy (non-hydrogen) atoms. The molecular formula is C21H23NO3. The van der Waals surface area contributed by atoms with Crippen LogP contribution < -0.4 is 19.1 Å². The minimum atomic E-state index is -0.596. The molecule has 0 bridgehead atoms. The molecule has 4 heteroatoms. The highest BCUT2D eigenvalue weighted by Gasteiger charge is 2.57. The number of ether oxygens (including phenoxy) is 3. The normalized spacial score (nSPS) is 22.4. The average Bonchev–Trinajstić information content (AvgIpc) is 2.79.